The minimum absolute atomic E-state index is 0.153. The molecule has 0 saturated carbocycles. The summed E-state index contributed by atoms with van der Waals surface area (Å²) in [5.41, 5.74) is -0.883. The summed E-state index contributed by atoms with van der Waals surface area (Å²) < 4.78 is 39.0. The molecule has 1 fully saturated rings. The standard InChI is InChI=1S/C13H18BF2NO2/c1-12(2)13(3,4)19-14(18-12)8-6-9(15)11(17-5)10(16)7-8/h6-7,17H,1-5H3. The van der Waals surface area contributed by atoms with E-state index >= 15 is 0 Å². The predicted molar refractivity (Wildman–Crippen MR) is 71.6 cm³/mol. The van der Waals surface area contributed by atoms with Gasteiger partial charge in [0.15, 0.2) is 0 Å². The number of nitrogens with one attached hydrogen (secondary N) is 1. The molecule has 0 radical (unpaired) electrons. The highest BCUT2D eigenvalue weighted by molar-refractivity contribution is 6.62. The summed E-state index contributed by atoms with van der Waals surface area (Å²) in [4.78, 5) is 0. The molecule has 6 heteroatoms. The van der Waals surface area contributed by atoms with Crippen molar-refractivity contribution in [3.8, 4) is 0 Å². The smallest absolute Gasteiger partial charge is 0.399 e. The Balaban J connectivity index is 2.35. The van der Waals surface area contributed by atoms with E-state index < -0.39 is 30.0 Å². The van der Waals surface area contributed by atoms with Crippen LogP contribution in [-0.4, -0.2) is 25.4 Å². The van der Waals surface area contributed by atoms with E-state index in [1.165, 1.54) is 19.2 Å². The molecule has 1 heterocycles. The van der Waals surface area contributed by atoms with Crippen LogP contribution >= 0.6 is 0 Å². The topological polar surface area (TPSA) is 30.5 Å². The number of halogens is 2. The van der Waals surface area contributed by atoms with Crippen LogP contribution in [0.3, 0.4) is 0 Å². The van der Waals surface area contributed by atoms with Crippen molar-refractivity contribution in [1.29, 1.82) is 0 Å². The van der Waals surface area contributed by atoms with Gasteiger partial charge in [0.05, 0.1) is 11.2 Å². The van der Waals surface area contributed by atoms with Gasteiger partial charge in [0.25, 0.3) is 0 Å². The molecular formula is C13H18BF2NO2. The fraction of sp³-hybridized carbons (Fsp3) is 0.538. The summed E-state index contributed by atoms with van der Waals surface area (Å²) >= 11 is 0. The maximum Gasteiger partial charge on any atom is 0.495 e. The fourth-order valence-corrected chi connectivity index (χ4v) is 1.95. The Labute approximate surface area is 112 Å². The SMILES string of the molecule is CNc1c(F)cc(B2OC(C)(C)C(C)(C)O2)cc1F. The van der Waals surface area contributed by atoms with E-state index in [2.05, 4.69) is 5.32 Å². The zero-order valence-electron chi connectivity index (χ0n) is 11.8. The van der Waals surface area contributed by atoms with Crippen LogP contribution in [0.1, 0.15) is 27.7 Å². The van der Waals surface area contributed by atoms with Gasteiger partial charge in [-0.1, -0.05) is 0 Å². The molecule has 104 valence electrons. The van der Waals surface area contributed by atoms with Crippen molar-refractivity contribution in [2.24, 2.45) is 0 Å². The van der Waals surface area contributed by atoms with E-state index in [0.29, 0.717) is 5.46 Å². The lowest BCUT2D eigenvalue weighted by Crippen LogP contribution is -2.41. The molecule has 1 N–H and O–H groups in total. The van der Waals surface area contributed by atoms with Crippen LogP contribution in [0.25, 0.3) is 0 Å². The Hall–Kier alpha value is -1.14. The maximum atomic E-state index is 13.7. The van der Waals surface area contributed by atoms with Crippen LogP contribution in [0.15, 0.2) is 12.1 Å². The Kier molecular flexibility index (Phi) is 3.35. The van der Waals surface area contributed by atoms with Crippen molar-refractivity contribution in [3.05, 3.63) is 23.8 Å². The molecule has 1 aromatic carbocycles. The third-order valence-corrected chi connectivity index (χ3v) is 3.84. The lowest BCUT2D eigenvalue weighted by Gasteiger charge is -2.32. The predicted octanol–water partition coefficient (Wildman–Crippen LogP) is 2.31. The second-order valence-corrected chi connectivity index (χ2v) is 5.70. The van der Waals surface area contributed by atoms with Crippen LogP contribution < -0.4 is 10.8 Å². The van der Waals surface area contributed by atoms with E-state index in [9.17, 15) is 8.78 Å². The van der Waals surface area contributed by atoms with Crippen LogP contribution in [0.2, 0.25) is 0 Å². The molecule has 0 atom stereocenters. The molecule has 1 saturated heterocycles. The molecule has 0 unspecified atom stereocenters. The Morgan fingerprint density at radius 3 is 1.79 bits per heavy atom. The number of rotatable bonds is 2. The maximum absolute atomic E-state index is 13.7. The first-order chi connectivity index (χ1) is 8.68. The second kappa shape index (κ2) is 4.46. The van der Waals surface area contributed by atoms with Crippen molar-refractivity contribution >= 4 is 18.3 Å². The quantitative estimate of drug-likeness (QED) is 0.836. The number of anilines is 1. The number of benzene rings is 1. The highest BCUT2D eigenvalue weighted by Gasteiger charge is 2.51. The normalized spacial score (nSPS) is 20.7. The van der Waals surface area contributed by atoms with Gasteiger partial charge in [-0.2, -0.15) is 0 Å². The molecule has 1 aliphatic heterocycles. The Morgan fingerprint density at radius 2 is 1.42 bits per heavy atom. The van der Waals surface area contributed by atoms with E-state index in [0.717, 1.165) is 0 Å². The lowest BCUT2D eigenvalue weighted by atomic mass is 9.79. The van der Waals surface area contributed by atoms with Crippen LogP contribution in [0, 0.1) is 11.6 Å². The first-order valence-corrected chi connectivity index (χ1v) is 6.20. The van der Waals surface area contributed by atoms with E-state index in [1.807, 2.05) is 27.7 Å². The van der Waals surface area contributed by atoms with Gasteiger partial charge in [-0.25, -0.2) is 8.78 Å². The van der Waals surface area contributed by atoms with Gasteiger partial charge in [-0.15, -0.1) is 0 Å². The zero-order valence-corrected chi connectivity index (χ0v) is 11.8. The number of hydrogen-bond donors (Lipinski definition) is 1. The Morgan fingerprint density at radius 1 is 1.00 bits per heavy atom. The summed E-state index contributed by atoms with van der Waals surface area (Å²) in [5, 5.41) is 2.48. The van der Waals surface area contributed by atoms with Gasteiger partial charge in [0.1, 0.15) is 17.3 Å². The molecule has 1 aliphatic rings. The van der Waals surface area contributed by atoms with Crippen LogP contribution in [-0.2, 0) is 9.31 Å². The molecule has 0 spiro atoms. The zero-order chi connectivity index (χ0) is 14.4. The Bertz CT molecular complexity index is 466. The third-order valence-electron chi connectivity index (χ3n) is 3.84. The number of hydrogen-bond acceptors (Lipinski definition) is 3. The largest absolute Gasteiger partial charge is 0.495 e. The fourth-order valence-electron chi connectivity index (χ4n) is 1.95. The molecule has 19 heavy (non-hydrogen) atoms. The highest BCUT2D eigenvalue weighted by Crippen LogP contribution is 2.36. The summed E-state index contributed by atoms with van der Waals surface area (Å²) in [7, 11) is 0.704. The van der Waals surface area contributed by atoms with Crippen molar-refractivity contribution in [3.63, 3.8) is 0 Å². The molecule has 1 aromatic rings. The molecule has 0 aromatic heterocycles. The summed E-state index contributed by atoms with van der Waals surface area (Å²) in [6.07, 6.45) is 0. The van der Waals surface area contributed by atoms with E-state index in [4.69, 9.17) is 9.31 Å². The van der Waals surface area contributed by atoms with Crippen LogP contribution in [0.4, 0.5) is 14.5 Å². The van der Waals surface area contributed by atoms with E-state index in [-0.39, 0.29) is 5.69 Å². The van der Waals surface area contributed by atoms with Crippen LogP contribution in [0.5, 0.6) is 0 Å². The molecule has 0 bridgehead atoms. The third kappa shape index (κ3) is 2.34. The van der Waals surface area contributed by atoms with Gasteiger partial charge < -0.3 is 14.6 Å². The average molecular weight is 269 g/mol. The molecule has 0 aliphatic carbocycles. The minimum Gasteiger partial charge on any atom is -0.399 e. The first-order valence-electron chi connectivity index (χ1n) is 6.20. The summed E-state index contributed by atoms with van der Waals surface area (Å²) in [6, 6.07) is 2.47. The summed E-state index contributed by atoms with van der Waals surface area (Å²) in [5.74, 6) is -1.32. The minimum atomic E-state index is -0.764. The van der Waals surface area contributed by atoms with Gasteiger partial charge in [0.2, 0.25) is 0 Å². The summed E-state index contributed by atoms with van der Waals surface area (Å²) in [6.45, 7) is 7.56. The first kappa shape index (κ1) is 14.3. The molecule has 2 rings (SSSR count). The lowest BCUT2D eigenvalue weighted by molar-refractivity contribution is 0.00578. The average Bonchev–Trinajstić information content (AvgIpc) is 2.47. The van der Waals surface area contributed by atoms with Crippen molar-refractivity contribution in [1.82, 2.24) is 0 Å². The molecule has 0 amide bonds. The van der Waals surface area contributed by atoms with Crippen molar-refractivity contribution in [2.45, 2.75) is 38.9 Å². The van der Waals surface area contributed by atoms with Gasteiger partial charge in [-0.05, 0) is 45.3 Å². The van der Waals surface area contributed by atoms with Gasteiger partial charge in [0, 0.05) is 7.05 Å². The van der Waals surface area contributed by atoms with Crippen molar-refractivity contribution < 1.29 is 18.1 Å². The highest BCUT2D eigenvalue weighted by atomic mass is 19.1. The second-order valence-electron chi connectivity index (χ2n) is 5.70. The van der Waals surface area contributed by atoms with E-state index in [1.54, 1.807) is 0 Å². The van der Waals surface area contributed by atoms with Gasteiger partial charge in [-0.3, -0.25) is 0 Å². The monoisotopic (exact) mass is 269 g/mol. The van der Waals surface area contributed by atoms with Crippen molar-refractivity contribution in [2.75, 3.05) is 12.4 Å². The van der Waals surface area contributed by atoms with Gasteiger partial charge >= 0.3 is 7.12 Å². The molecular weight excluding hydrogens is 251 g/mol. The molecule has 3 nitrogen and oxygen atoms in total.